The predicted molar refractivity (Wildman–Crippen MR) is 66.6 cm³/mol. The van der Waals surface area contributed by atoms with E-state index in [2.05, 4.69) is 25.9 Å². The van der Waals surface area contributed by atoms with Crippen LogP contribution in [0.25, 0.3) is 0 Å². The molecule has 0 aromatic carbocycles. The maximum Gasteiger partial charge on any atom is 0.358 e. The lowest BCUT2D eigenvalue weighted by Gasteiger charge is -2.22. The Labute approximate surface area is 107 Å². The Bertz CT molecular complexity index is 442. The number of carbonyl (C=O) groups excluding carboxylic acids is 1. The molecule has 0 radical (unpaired) electrons. The van der Waals surface area contributed by atoms with E-state index >= 15 is 0 Å². The average molecular weight is 252 g/mol. The van der Waals surface area contributed by atoms with E-state index in [9.17, 15) is 4.79 Å². The van der Waals surface area contributed by atoms with Crippen LogP contribution < -0.4 is 0 Å². The summed E-state index contributed by atoms with van der Waals surface area (Å²) in [4.78, 5) is 11.7. The summed E-state index contributed by atoms with van der Waals surface area (Å²) in [6.45, 7) is 6.04. The van der Waals surface area contributed by atoms with E-state index in [1.165, 1.54) is 0 Å². The van der Waals surface area contributed by atoms with Crippen molar-refractivity contribution in [3.05, 3.63) is 17.5 Å². The molecule has 1 aromatic heterocycles. The van der Waals surface area contributed by atoms with Crippen LogP contribution in [-0.2, 0) is 10.3 Å². The molecular weight excluding hydrogens is 232 g/mol. The molecule has 0 atom stereocenters. The van der Waals surface area contributed by atoms with Crippen LogP contribution in [0.5, 0.6) is 0 Å². The summed E-state index contributed by atoms with van der Waals surface area (Å²) in [6.07, 6.45) is 2.32. The molecule has 0 amide bonds. The average Bonchev–Trinajstić information content (AvgIpc) is 3.03. The van der Waals surface area contributed by atoms with Crippen molar-refractivity contribution in [3.63, 3.8) is 0 Å². The Morgan fingerprint density at radius 2 is 2.22 bits per heavy atom. The lowest BCUT2D eigenvalue weighted by atomic mass is 10.1. The molecule has 5 nitrogen and oxygen atoms in total. The first-order valence-electron chi connectivity index (χ1n) is 6.32. The van der Waals surface area contributed by atoms with Crippen LogP contribution >= 0.6 is 0 Å². The van der Waals surface area contributed by atoms with Crippen LogP contribution in [0.2, 0.25) is 0 Å². The summed E-state index contributed by atoms with van der Waals surface area (Å²) in [5, 5.41) is 13.0. The molecule has 1 saturated carbocycles. The van der Waals surface area contributed by atoms with Gasteiger partial charge in [0, 0.05) is 11.6 Å². The highest BCUT2D eigenvalue weighted by molar-refractivity contribution is 5.87. The first kappa shape index (κ1) is 13.1. The molecule has 1 aliphatic rings. The molecule has 100 valence electrons. The minimum atomic E-state index is -0.464. The van der Waals surface area contributed by atoms with Crippen LogP contribution in [0.15, 0.2) is 6.07 Å². The topological polar surface area (TPSA) is 64.4 Å². The second-order valence-corrected chi connectivity index (χ2v) is 5.67. The fourth-order valence-electron chi connectivity index (χ4n) is 1.91. The zero-order chi connectivity index (χ0) is 13.3. The first-order chi connectivity index (χ1) is 8.43. The van der Waals surface area contributed by atoms with Crippen LogP contribution in [0.3, 0.4) is 0 Å². The largest absolute Gasteiger partial charge is 0.458 e. The van der Waals surface area contributed by atoms with Crippen LogP contribution in [-0.4, -0.2) is 34.1 Å². The summed E-state index contributed by atoms with van der Waals surface area (Å²) >= 11 is 0. The number of nitrogens with zero attached hydrogens (tertiary/aromatic N) is 2. The lowest BCUT2D eigenvalue weighted by Crippen LogP contribution is -2.25. The van der Waals surface area contributed by atoms with Crippen molar-refractivity contribution in [3.8, 4) is 0 Å². The Hall–Kier alpha value is -1.36. The van der Waals surface area contributed by atoms with Gasteiger partial charge in [-0.25, -0.2) is 4.79 Å². The van der Waals surface area contributed by atoms with Gasteiger partial charge in [0.1, 0.15) is 6.61 Å². The van der Waals surface area contributed by atoms with E-state index in [0.29, 0.717) is 11.6 Å². The molecule has 0 bridgehead atoms. The van der Waals surface area contributed by atoms with Gasteiger partial charge in [-0.05, 0) is 39.7 Å². The number of hydrogen-bond donors (Lipinski definition) is 1. The molecule has 1 fully saturated rings. The lowest BCUT2D eigenvalue weighted by molar-refractivity contribution is 0.0425. The second kappa shape index (κ2) is 4.72. The van der Waals surface area contributed by atoms with E-state index < -0.39 is 5.97 Å². The van der Waals surface area contributed by atoms with Gasteiger partial charge in [0.25, 0.3) is 0 Å². The molecule has 18 heavy (non-hydrogen) atoms. The molecule has 5 heteroatoms. The van der Waals surface area contributed by atoms with E-state index in [0.717, 1.165) is 18.5 Å². The molecule has 0 aliphatic heterocycles. The maximum absolute atomic E-state index is 11.7. The van der Waals surface area contributed by atoms with Gasteiger partial charge in [0.15, 0.2) is 5.69 Å². The fraction of sp³-hybridized carbons (Fsp3) is 0.692. The zero-order valence-electron chi connectivity index (χ0n) is 11.1. The number of rotatable bonds is 4. The van der Waals surface area contributed by atoms with Crippen molar-refractivity contribution in [1.29, 1.82) is 0 Å². The van der Waals surface area contributed by atoms with Gasteiger partial charge in [0.2, 0.25) is 0 Å². The summed E-state index contributed by atoms with van der Waals surface area (Å²) < 4.78 is 6.81. The van der Waals surface area contributed by atoms with E-state index in [1.54, 1.807) is 0 Å². The van der Waals surface area contributed by atoms with E-state index in [4.69, 9.17) is 9.84 Å². The van der Waals surface area contributed by atoms with Gasteiger partial charge in [-0.3, -0.25) is 4.68 Å². The van der Waals surface area contributed by atoms with Crippen molar-refractivity contribution < 1.29 is 14.6 Å². The molecule has 1 heterocycles. The third kappa shape index (κ3) is 2.72. The first-order valence-corrected chi connectivity index (χ1v) is 6.32. The minimum Gasteiger partial charge on any atom is -0.458 e. The number of esters is 1. The molecule has 1 aromatic rings. The van der Waals surface area contributed by atoms with E-state index in [1.807, 2.05) is 10.7 Å². The SMILES string of the molecule is CC(C)(C)n1nc(C(=O)OCCO)cc1C1CC1. The molecule has 2 rings (SSSR count). The van der Waals surface area contributed by atoms with E-state index in [-0.39, 0.29) is 18.8 Å². The van der Waals surface area contributed by atoms with Gasteiger partial charge in [-0.1, -0.05) is 0 Å². The van der Waals surface area contributed by atoms with Crippen LogP contribution in [0.4, 0.5) is 0 Å². The molecular formula is C13H20N2O3. The Morgan fingerprint density at radius 3 is 2.72 bits per heavy atom. The number of hydrogen-bond acceptors (Lipinski definition) is 4. The van der Waals surface area contributed by atoms with Gasteiger partial charge in [0.05, 0.1) is 12.1 Å². The van der Waals surface area contributed by atoms with Crippen LogP contribution in [0, 0.1) is 0 Å². The van der Waals surface area contributed by atoms with Gasteiger partial charge >= 0.3 is 5.97 Å². The standard InChI is InChI=1S/C13H20N2O3/c1-13(2,3)15-11(9-4-5-9)8-10(14-15)12(17)18-7-6-16/h8-9,16H,4-7H2,1-3H3. The van der Waals surface area contributed by atoms with Crippen molar-refractivity contribution in [2.24, 2.45) is 0 Å². The summed E-state index contributed by atoms with van der Waals surface area (Å²) in [6, 6.07) is 1.82. The highest BCUT2D eigenvalue weighted by Crippen LogP contribution is 2.41. The van der Waals surface area contributed by atoms with Crippen molar-refractivity contribution in [1.82, 2.24) is 9.78 Å². The monoisotopic (exact) mass is 252 g/mol. The summed E-state index contributed by atoms with van der Waals surface area (Å²) in [5.41, 5.74) is 1.30. The van der Waals surface area contributed by atoms with Crippen molar-refractivity contribution in [2.75, 3.05) is 13.2 Å². The smallest absolute Gasteiger partial charge is 0.358 e. The quantitative estimate of drug-likeness (QED) is 0.828. The number of carbonyl (C=O) groups is 1. The highest BCUT2D eigenvalue weighted by atomic mass is 16.5. The number of aromatic nitrogens is 2. The maximum atomic E-state index is 11.7. The minimum absolute atomic E-state index is 0.0139. The third-order valence-electron chi connectivity index (χ3n) is 2.90. The van der Waals surface area contributed by atoms with Crippen molar-refractivity contribution in [2.45, 2.75) is 45.1 Å². The molecule has 0 saturated heterocycles. The third-order valence-corrected chi connectivity index (χ3v) is 2.90. The Kier molecular flexibility index (Phi) is 3.43. The number of aliphatic hydroxyl groups is 1. The molecule has 0 spiro atoms. The molecule has 0 unspecified atom stereocenters. The Balaban J connectivity index is 2.25. The number of ether oxygens (including phenoxy) is 1. The van der Waals surface area contributed by atoms with Crippen LogP contribution in [0.1, 0.15) is 55.7 Å². The van der Waals surface area contributed by atoms with Gasteiger partial charge in [-0.15, -0.1) is 0 Å². The van der Waals surface area contributed by atoms with Gasteiger partial charge in [-0.2, -0.15) is 5.10 Å². The van der Waals surface area contributed by atoms with Crippen molar-refractivity contribution >= 4 is 5.97 Å². The predicted octanol–water partition coefficient (Wildman–Crippen LogP) is 1.66. The number of aliphatic hydroxyl groups excluding tert-OH is 1. The summed E-state index contributed by atoms with van der Waals surface area (Å²) in [7, 11) is 0. The molecule has 1 N–H and O–H groups in total. The summed E-state index contributed by atoms with van der Waals surface area (Å²) in [5.74, 6) is 0.0602. The zero-order valence-corrected chi connectivity index (χ0v) is 11.1. The highest BCUT2D eigenvalue weighted by Gasteiger charge is 2.32. The normalized spacial score (nSPS) is 15.8. The fourth-order valence-corrected chi connectivity index (χ4v) is 1.91. The second-order valence-electron chi connectivity index (χ2n) is 5.67. The van der Waals surface area contributed by atoms with Gasteiger partial charge < -0.3 is 9.84 Å². The Morgan fingerprint density at radius 1 is 1.56 bits per heavy atom. The molecule has 1 aliphatic carbocycles.